The summed E-state index contributed by atoms with van der Waals surface area (Å²) in [5.74, 6) is 0. The molecule has 0 amide bonds. The van der Waals surface area contributed by atoms with Crippen LogP contribution in [0.5, 0.6) is 0 Å². The molecule has 0 heterocycles. The third-order valence-corrected chi connectivity index (χ3v) is 4.17. The highest BCUT2D eigenvalue weighted by Gasteiger charge is 2.10. The topological polar surface area (TPSA) is 0 Å². The van der Waals surface area contributed by atoms with Gasteiger partial charge < -0.3 is 0 Å². The minimum Gasteiger partial charge on any atom is -0.174 e. The Labute approximate surface area is 164 Å². The zero-order chi connectivity index (χ0) is 20.1. The summed E-state index contributed by atoms with van der Waals surface area (Å²) in [5, 5.41) is 0. The number of thioether (sulfide) groups is 1. The molecule has 0 aliphatic heterocycles. The van der Waals surface area contributed by atoms with Gasteiger partial charge in [-0.2, -0.15) is 13.2 Å². The molecule has 3 aromatic carbocycles. The van der Waals surface area contributed by atoms with Gasteiger partial charge >= 0.3 is 6.68 Å². The van der Waals surface area contributed by atoms with E-state index < -0.39 is 6.68 Å². The monoisotopic (exact) mass is 390 g/mol. The first-order chi connectivity index (χ1) is 12.8. The smallest absolute Gasteiger partial charge is 0.174 e. The van der Waals surface area contributed by atoms with Crippen molar-refractivity contribution in [2.45, 2.75) is 37.1 Å². The van der Waals surface area contributed by atoms with Crippen molar-refractivity contribution in [2.24, 2.45) is 0 Å². The first kappa shape index (κ1) is 22.8. The second kappa shape index (κ2) is 12.2. The second-order valence-corrected chi connectivity index (χ2v) is 8.41. The molecule has 0 unspecified atom stereocenters. The van der Waals surface area contributed by atoms with Crippen LogP contribution in [0.3, 0.4) is 0 Å². The second-order valence-electron chi connectivity index (χ2n) is 6.51. The lowest BCUT2D eigenvalue weighted by molar-refractivity contribution is 0.00819. The van der Waals surface area contributed by atoms with Crippen LogP contribution < -0.4 is 0 Å². The van der Waals surface area contributed by atoms with Crippen LogP contribution in [0.15, 0.2) is 95.9 Å². The van der Waals surface area contributed by atoms with Gasteiger partial charge in [-0.1, -0.05) is 99.6 Å². The molecule has 0 aliphatic rings. The summed E-state index contributed by atoms with van der Waals surface area (Å²) in [5.41, 5.74) is 2.55. The minimum atomic E-state index is -3.67. The summed E-state index contributed by atoms with van der Waals surface area (Å²) < 4.78 is 29.3. The van der Waals surface area contributed by atoms with E-state index in [2.05, 4.69) is 93.6 Å². The van der Waals surface area contributed by atoms with Crippen molar-refractivity contribution >= 4 is 11.8 Å². The maximum atomic E-state index is 9.67. The molecule has 0 saturated carbocycles. The van der Waals surface area contributed by atoms with Crippen LogP contribution in [0.25, 0.3) is 11.1 Å². The molecular weight excluding hydrogens is 365 g/mol. The van der Waals surface area contributed by atoms with Gasteiger partial charge in [0.05, 0.1) is 0 Å². The van der Waals surface area contributed by atoms with Gasteiger partial charge in [-0.15, -0.1) is 11.8 Å². The van der Waals surface area contributed by atoms with Crippen LogP contribution in [0, 0.1) is 0 Å². The van der Waals surface area contributed by atoms with Crippen LogP contribution in [0.4, 0.5) is 13.2 Å². The van der Waals surface area contributed by atoms with Crippen molar-refractivity contribution in [1.82, 2.24) is 0 Å². The first-order valence-electron chi connectivity index (χ1n) is 8.54. The van der Waals surface area contributed by atoms with Crippen molar-refractivity contribution in [3.05, 3.63) is 91.0 Å². The predicted molar refractivity (Wildman–Crippen MR) is 111 cm³/mol. The number of halogens is 3. The highest BCUT2D eigenvalue weighted by Crippen LogP contribution is 2.31. The molecule has 27 heavy (non-hydrogen) atoms. The molecule has 0 aliphatic carbocycles. The normalized spacial score (nSPS) is 10.3. The van der Waals surface area contributed by atoms with Crippen molar-refractivity contribution in [3.63, 3.8) is 0 Å². The van der Waals surface area contributed by atoms with E-state index in [1.807, 2.05) is 30.0 Å². The molecule has 0 nitrogen and oxygen atoms in total. The summed E-state index contributed by atoms with van der Waals surface area (Å²) in [6.45, 7) is 3.01. The third kappa shape index (κ3) is 11.9. The van der Waals surface area contributed by atoms with Gasteiger partial charge in [0.25, 0.3) is 0 Å². The molecule has 0 spiro atoms. The standard InChI is InChI=1S/C12H10.C10H14S.CHF3/c1-3-7-11(8-4-1)12-9-5-2-6-10-12;1-10(2,3)11-9-7-5-4-6-8-9;2-1(3)4/h1-10H;4-8H,1-3H3;1H. The molecule has 0 N–H and O–H groups in total. The van der Waals surface area contributed by atoms with Gasteiger partial charge in [0, 0.05) is 9.64 Å². The molecule has 0 fully saturated rings. The Morgan fingerprint density at radius 2 is 0.889 bits per heavy atom. The fraction of sp³-hybridized carbons (Fsp3) is 0.217. The number of alkyl halides is 3. The molecule has 0 saturated heterocycles. The van der Waals surface area contributed by atoms with Gasteiger partial charge in [0.1, 0.15) is 0 Å². The van der Waals surface area contributed by atoms with Crippen molar-refractivity contribution < 1.29 is 13.2 Å². The number of benzene rings is 3. The van der Waals surface area contributed by atoms with Crippen LogP contribution in [0.1, 0.15) is 20.8 Å². The Morgan fingerprint density at radius 1 is 0.593 bits per heavy atom. The van der Waals surface area contributed by atoms with Gasteiger partial charge in [-0.05, 0) is 23.3 Å². The predicted octanol–water partition coefficient (Wildman–Crippen LogP) is 8.11. The van der Waals surface area contributed by atoms with E-state index in [9.17, 15) is 13.2 Å². The fourth-order valence-electron chi connectivity index (χ4n) is 2.10. The molecule has 144 valence electrons. The lowest BCUT2D eigenvalue weighted by Crippen LogP contribution is -2.06. The first-order valence-corrected chi connectivity index (χ1v) is 9.36. The molecule has 4 heteroatoms. The van der Waals surface area contributed by atoms with E-state index in [-0.39, 0.29) is 0 Å². The van der Waals surface area contributed by atoms with E-state index in [1.165, 1.54) is 16.0 Å². The van der Waals surface area contributed by atoms with Gasteiger partial charge in [0.2, 0.25) is 0 Å². The molecule has 0 aromatic heterocycles. The van der Waals surface area contributed by atoms with E-state index in [0.29, 0.717) is 4.75 Å². The van der Waals surface area contributed by atoms with Crippen LogP contribution in [-0.4, -0.2) is 11.4 Å². The Bertz CT molecular complexity index is 684. The SMILES string of the molecule is CC(C)(C)Sc1ccccc1.FC(F)F.c1ccc(-c2ccccc2)cc1. The van der Waals surface area contributed by atoms with E-state index >= 15 is 0 Å². The zero-order valence-electron chi connectivity index (χ0n) is 15.8. The maximum absolute atomic E-state index is 9.67. The zero-order valence-corrected chi connectivity index (χ0v) is 16.6. The average molecular weight is 391 g/mol. The summed E-state index contributed by atoms with van der Waals surface area (Å²) >= 11 is 1.90. The molecule has 3 rings (SSSR count). The Hall–Kier alpha value is -2.20. The minimum absolute atomic E-state index is 0.321. The number of hydrogen-bond donors (Lipinski definition) is 0. The average Bonchev–Trinajstić information content (AvgIpc) is 2.63. The largest absolute Gasteiger partial charge is 0.379 e. The van der Waals surface area contributed by atoms with Gasteiger partial charge in [-0.25, -0.2) is 0 Å². The molecule has 0 atom stereocenters. The van der Waals surface area contributed by atoms with E-state index in [4.69, 9.17) is 0 Å². The van der Waals surface area contributed by atoms with Crippen LogP contribution >= 0.6 is 11.8 Å². The summed E-state index contributed by atoms with van der Waals surface area (Å²) in [6.07, 6.45) is 0. The Kier molecular flexibility index (Phi) is 10.3. The van der Waals surface area contributed by atoms with Crippen LogP contribution in [0.2, 0.25) is 0 Å². The van der Waals surface area contributed by atoms with Crippen molar-refractivity contribution in [1.29, 1.82) is 0 Å². The lowest BCUT2D eigenvalue weighted by atomic mass is 10.1. The van der Waals surface area contributed by atoms with Gasteiger partial charge in [-0.3, -0.25) is 0 Å². The summed E-state index contributed by atoms with van der Waals surface area (Å²) in [6, 6.07) is 31.3. The molecular formula is C23H25F3S. The third-order valence-electron chi connectivity index (χ3n) is 3.05. The van der Waals surface area contributed by atoms with Crippen LogP contribution in [-0.2, 0) is 0 Å². The lowest BCUT2D eigenvalue weighted by Gasteiger charge is -2.16. The van der Waals surface area contributed by atoms with E-state index in [0.717, 1.165) is 0 Å². The molecule has 0 bridgehead atoms. The number of rotatable bonds is 2. The molecule has 0 radical (unpaired) electrons. The van der Waals surface area contributed by atoms with Crippen molar-refractivity contribution in [2.75, 3.05) is 0 Å². The van der Waals surface area contributed by atoms with Crippen molar-refractivity contribution in [3.8, 4) is 11.1 Å². The Morgan fingerprint density at radius 3 is 1.19 bits per heavy atom. The Balaban J connectivity index is 0.000000227. The van der Waals surface area contributed by atoms with Gasteiger partial charge in [0.15, 0.2) is 0 Å². The highest BCUT2D eigenvalue weighted by molar-refractivity contribution is 8.00. The number of hydrogen-bond acceptors (Lipinski definition) is 1. The summed E-state index contributed by atoms with van der Waals surface area (Å²) in [4.78, 5) is 1.35. The molecule has 3 aromatic rings. The maximum Gasteiger partial charge on any atom is 0.379 e. The summed E-state index contributed by atoms with van der Waals surface area (Å²) in [7, 11) is 0. The quantitative estimate of drug-likeness (QED) is 0.398. The highest BCUT2D eigenvalue weighted by atomic mass is 32.2. The fourth-order valence-corrected chi connectivity index (χ4v) is 3.10. The van der Waals surface area contributed by atoms with E-state index in [1.54, 1.807) is 0 Å².